The summed E-state index contributed by atoms with van der Waals surface area (Å²) >= 11 is 0. The van der Waals surface area contributed by atoms with E-state index in [0.29, 0.717) is 12.1 Å². The van der Waals surface area contributed by atoms with Crippen LogP contribution < -0.4 is 4.74 Å². The molecule has 0 aromatic heterocycles. The summed E-state index contributed by atoms with van der Waals surface area (Å²) < 4.78 is 6.38. The Kier molecular flexibility index (Phi) is 8.29. The third-order valence-corrected chi connectivity index (χ3v) is 7.99. The van der Waals surface area contributed by atoms with E-state index in [4.69, 9.17) is 4.74 Å². The zero-order valence-electron chi connectivity index (χ0n) is 20.5. The first-order valence-corrected chi connectivity index (χ1v) is 13.2. The molecule has 4 rings (SSSR count). The fraction of sp³-hybridized carbons (Fsp3) is 0.621. The van der Waals surface area contributed by atoms with Gasteiger partial charge in [-0.2, -0.15) is 0 Å². The molecule has 4 heteroatoms. The van der Waals surface area contributed by atoms with E-state index >= 15 is 0 Å². The van der Waals surface area contributed by atoms with Gasteiger partial charge in [0.2, 0.25) is 0 Å². The maximum absolute atomic E-state index is 11.3. The average molecular weight is 452 g/mol. The van der Waals surface area contributed by atoms with Crippen molar-refractivity contribution in [3.8, 4) is 5.75 Å². The molecule has 1 aliphatic carbocycles. The summed E-state index contributed by atoms with van der Waals surface area (Å²) in [6, 6.07) is 13.7. The molecule has 1 heterocycles. The van der Waals surface area contributed by atoms with Gasteiger partial charge in [-0.3, -0.25) is 9.69 Å². The highest BCUT2D eigenvalue weighted by Crippen LogP contribution is 2.34. The Balaban J connectivity index is 1.38. The number of carboxylic acids is 1. The Morgan fingerprint density at radius 2 is 1.70 bits per heavy atom. The van der Waals surface area contributed by atoms with Crippen molar-refractivity contribution in [2.24, 2.45) is 11.8 Å². The van der Waals surface area contributed by atoms with Gasteiger partial charge in [-0.25, -0.2) is 0 Å². The number of ether oxygens (including phenoxy) is 1. The zero-order chi connectivity index (χ0) is 23.2. The van der Waals surface area contributed by atoms with E-state index in [1.54, 1.807) is 0 Å². The molecule has 1 N–H and O–H groups in total. The summed E-state index contributed by atoms with van der Waals surface area (Å²) in [4.78, 5) is 13.8. The van der Waals surface area contributed by atoms with Crippen molar-refractivity contribution in [1.82, 2.24) is 4.90 Å². The van der Waals surface area contributed by atoms with Crippen LogP contribution in [-0.4, -0.2) is 35.2 Å². The highest BCUT2D eigenvalue weighted by Gasteiger charge is 2.28. The lowest BCUT2D eigenvalue weighted by Crippen LogP contribution is -2.38. The Hall–Kier alpha value is -2.07. The van der Waals surface area contributed by atoms with Gasteiger partial charge in [0.15, 0.2) is 0 Å². The van der Waals surface area contributed by atoms with Crippen LogP contribution in [0.15, 0.2) is 36.4 Å². The molecule has 1 unspecified atom stereocenters. The standard InChI is InChI=1S/C29H41NO3/c1-3-5-6-21-7-12-26(13-8-21)33-27-14-11-23-19-25(10-9-24(23)20-27)28(4-2)30-17-15-22(16-18-30)29(31)32/h9-11,14,19-22,26,28H,3-8,12-13,15-18H2,1-2H3,(H,31,32). The highest BCUT2D eigenvalue weighted by atomic mass is 16.5. The van der Waals surface area contributed by atoms with Crippen LogP contribution in [0.5, 0.6) is 5.75 Å². The highest BCUT2D eigenvalue weighted by molar-refractivity contribution is 5.84. The van der Waals surface area contributed by atoms with Gasteiger partial charge in [0.25, 0.3) is 0 Å². The first-order chi connectivity index (χ1) is 16.1. The van der Waals surface area contributed by atoms with Crippen molar-refractivity contribution < 1.29 is 14.6 Å². The van der Waals surface area contributed by atoms with E-state index in [1.165, 1.54) is 61.3 Å². The normalized spacial score (nSPS) is 23.5. The van der Waals surface area contributed by atoms with Crippen molar-refractivity contribution in [2.45, 2.75) is 90.2 Å². The van der Waals surface area contributed by atoms with Crippen LogP contribution in [0.3, 0.4) is 0 Å². The summed E-state index contributed by atoms with van der Waals surface area (Å²) in [6.45, 7) is 6.23. The monoisotopic (exact) mass is 451 g/mol. The number of fused-ring (bicyclic) bond motifs is 1. The van der Waals surface area contributed by atoms with Crippen molar-refractivity contribution in [2.75, 3.05) is 13.1 Å². The molecule has 1 saturated carbocycles. The first kappa shape index (κ1) is 24.1. The van der Waals surface area contributed by atoms with Crippen LogP contribution in [-0.2, 0) is 4.79 Å². The number of nitrogens with zero attached hydrogens (tertiary/aromatic N) is 1. The second-order valence-corrected chi connectivity index (χ2v) is 10.2. The van der Waals surface area contributed by atoms with Crippen molar-refractivity contribution in [1.29, 1.82) is 0 Å². The molecule has 2 aromatic rings. The number of piperidine rings is 1. The van der Waals surface area contributed by atoms with Crippen LogP contribution in [0, 0.1) is 11.8 Å². The molecule has 0 radical (unpaired) electrons. The lowest BCUT2D eigenvalue weighted by Gasteiger charge is -2.36. The van der Waals surface area contributed by atoms with E-state index in [0.717, 1.165) is 44.0 Å². The number of hydrogen-bond acceptors (Lipinski definition) is 3. The van der Waals surface area contributed by atoms with E-state index in [2.05, 4.69) is 55.1 Å². The molecular formula is C29H41NO3. The molecule has 2 fully saturated rings. The molecule has 0 spiro atoms. The maximum atomic E-state index is 11.3. The molecule has 33 heavy (non-hydrogen) atoms. The Bertz CT molecular complexity index is 910. The largest absolute Gasteiger partial charge is 0.490 e. The first-order valence-electron chi connectivity index (χ1n) is 13.2. The molecule has 1 aliphatic heterocycles. The Morgan fingerprint density at radius 3 is 2.36 bits per heavy atom. The summed E-state index contributed by atoms with van der Waals surface area (Å²) in [6.07, 6.45) is 11.9. The van der Waals surface area contributed by atoms with Crippen LogP contribution in [0.2, 0.25) is 0 Å². The predicted octanol–water partition coefficient (Wildman–Crippen LogP) is 7.22. The van der Waals surface area contributed by atoms with Crippen LogP contribution in [0.25, 0.3) is 10.8 Å². The minimum absolute atomic E-state index is 0.180. The van der Waals surface area contributed by atoms with Crippen molar-refractivity contribution >= 4 is 16.7 Å². The van der Waals surface area contributed by atoms with Crippen LogP contribution in [0.1, 0.15) is 89.7 Å². The third kappa shape index (κ3) is 6.09. The van der Waals surface area contributed by atoms with E-state index in [1.807, 2.05) is 0 Å². The number of hydrogen-bond donors (Lipinski definition) is 1. The molecule has 2 aromatic carbocycles. The van der Waals surface area contributed by atoms with E-state index in [9.17, 15) is 9.90 Å². The maximum Gasteiger partial charge on any atom is 0.306 e. The number of carboxylic acid groups (broad SMARTS) is 1. The summed E-state index contributed by atoms with van der Waals surface area (Å²) in [7, 11) is 0. The number of rotatable bonds is 9. The average Bonchev–Trinajstić information content (AvgIpc) is 2.84. The molecule has 1 saturated heterocycles. The van der Waals surface area contributed by atoms with Gasteiger partial charge < -0.3 is 9.84 Å². The molecule has 0 amide bonds. The zero-order valence-corrected chi connectivity index (χ0v) is 20.5. The van der Waals surface area contributed by atoms with Gasteiger partial charge in [-0.1, -0.05) is 51.3 Å². The molecule has 180 valence electrons. The van der Waals surface area contributed by atoms with Crippen LogP contribution >= 0.6 is 0 Å². The Labute approximate surface area is 199 Å². The lowest BCUT2D eigenvalue weighted by atomic mass is 9.84. The van der Waals surface area contributed by atoms with Gasteiger partial charge >= 0.3 is 5.97 Å². The number of likely N-dealkylation sites (tertiary alicyclic amines) is 1. The van der Waals surface area contributed by atoms with Gasteiger partial charge in [-0.15, -0.1) is 0 Å². The molecule has 4 nitrogen and oxygen atoms in total. The molecule has 2 aliphatic rings. The molecular weight excluding hydrogens is 410 g/mol. The number of benzene rings is 2. The molecule has 1 atom stereocenters. The second kappa shape index (κ2) is 11.4. The minimum atomic E-state index is -0.643. The van der Waals surface area contributed by atoms with E-state index in [-0.39, 0.29) is 5.92 Å². The summed E-state index contributed by atoms with van der Waals surface area (Å²) in [5.41, 5.74) is 1.33. The van der Waals surface area contributed by atoms with E-state index < -0.39 is 5.97 Å². The summed E-state index contributed by atoms with van der Waals surface area (Å²) in [5.74, 6) is 1.08. The fourth-order valence-corrected chi connectivity index (χ4v) is 5.91. The topological polar surface area (TPSA) is 49.8 Å². The smallest absolute Gasteiger partial charge is 0.306 e. The Morgan fingerprint density at radius 1 is 1.00 bits per heavy atom. The van der Waals surface area contributed by atoms with Crippen molar-refractivity contribution in [3.05, 3.63) is 42.0 Å². The number of carbonyl (C=O) groups is 1. The van der Waals surface area contributed by atoms with Crippen molar-refractivity contribution in [3.63, 3.8) is 0 Å². The fourth-order valence-electron chi connectivity index (χ4n) is 5.91. The SMILES string of the molecule is CCCCC1CCC(Oc2ccc3cc(C(CC)N4CCC(C(=O)O)CC4)ccc3c2)CC1. The van der Waals surface area contributed by atoms with Gasteiger partial charge in [0.05, 0.1) is 12.0 Å². The van der Waals surface area contributed by atoms with Crippen LogP contribution in [0.4, 0.5) is 0 Å². The quantitative estimate of drug-likeness (QED) is 0.437. The number of unbranched alkanes of at least 4 members (excludes halogenated alkanes) is 1. The minimum Gasteiger partial charge on any atom is -0.490 e. The summed E-state index contributed by atoms with van der Waals surface area (Å²) in [5, 5.41) is 11.8. The lowest BCUT2D eigenvalue weighted by molar-refractivity contribution is -0.143. The van der Waals surface area contributed by atoms with Gasteiger partial charge in [-0.05, 0) is 98.5 Å². The van der Waals surface area contributed by atoms with Gasteiger partial charge in [0, 0.05) is 6.04 Å². The third-order valence-electron chi connectivity index (χ3n) is 7.99. The molecule has 0 bridgehead atoms. The van der Waals surface area contributed by atoms with Gasteiger partial charge in [0.1, 0.15) is 5.75 Å². The number of aliphatic carboxylic acids is 1. The second-order valence-electron chi connectivity index (χ2n) is 10.2. The predicted molar refractivity (Wildman–Crippen MR) is 135 cm³/mol.